The number of rotatable bonds is 6. The summed E-state index contributed by atoms with van der Waals surface area (Å²) in [5.41, 5.74) is 7.84. The molecule has 0 unspecified atom stereocenters. The molecule has 0 fully saturated rings. The SMILES string of the molecule is COCCNCc1cc(C)n(-c2ccc(C)cc2C)c1C. The van der Waals surface area contributed by atoms with Gasteiger partial charge in [0.05, 0.1) is 6.61 Å². The molecule has 0 atom stereocenters. The summed E-state index contributed by atoms with van der Waals surface area (Å²) in [6, 6.07) is 8.91. The van der Waals surface area contributed by atoms with Crippen molar-refractivity contribution in [1.29, 1.82) is 0 Å². The number of ether oxygens (including phenoxy) is 1. The second-order valence-electron chi connectivity index (χ2n) is 5.69. The fourth-order valence-corrected chi connectivity index (χ4v) is 2.83. The van der Waals surface area contributed by atoms with Gasteiger partial charge in [-0.2, -0.15) is 0 Å². The van der Waals surface area contributed by atoms with Crippen molar-refractivity contribution in [1.82, 2.24) is 9.88 Å². The van der Waals surface area contributed by atoms with E-state index in [1.807, 2.05) is 0 Å². The molecule has 1 N–H and O–H groups in total. The van der Waals surface area contributed by atoms with Crippen LogP contribution in [-0.2, 0) is 11.3 Å². The summed E-state index contributed by atoms with van der Waals surface area (Å²) in [5.74, 6) is 0. The second-order valence-corrected chi connectivity index (χ2v) is 5.69. The molecule has 0 amide bonds. The highest BCUT2D eigenvalue weighted by Crippen LogP contribution is 2.23. The first kappa shape index (κ1) is 15.8. The Hall–Kier alpha value is -1.58. The molecular weight excluding hydrogens is 260 g/mol. The number of hydrogen-bond donors (Lipinski definition) is 1. The van der Waals surface area contributed by atoms with Gasteiger partial charge in [0.1, 0.15) is 0 Å². The Labute approximate surface area is 127 Å². The molecule has 0 saturated carbocycles. The average molecular weight is 286 g/mol. The van der Waals surface area contributed by atoms with E-state index in [1.165, 1.54) is 33.8 Å². The first-order valence-electron chi connectivity index (χ1n) is 7.49. The lowest BCUT2D eigenvalue weighted by Gasteiger charge is -2.14. The maximum absolute atomic E-state index is 5.07. The summed E-state index contributed by atoms with van der Waals surface area (Å²) < 4.78 is 7.42. The van der Waals surface area contributed by atoms with Gasteiger partial charge in [0.2, 0.25) is 0 Å². The van der Waals surface area contributed by atoms with Crippen molar-refractivity contribution in [3.8, 4) is 5.69 Å². The van der Waals surface area contributed by atoms with Crippen molar-refractivity contribution in [3.05, 3.63) is 52.3 Å². The van der Waals surface area contributed by atoms with Crippen LogP contribution < -0.4 is 5.32 Å². The van der Waals surface area contributed by atoms with Crippen LogP contribution in [0.3, 0.4) is 0 Å². The molecule has 2 rings (SSSR count). The molecule has 0 aliphatic rings. The third-order valence-electron chi connectivity index (χ3n) is 3.93. The highest BCUT2D eigenvalue weighted by molar-refractivity contribution is 5.47. The molecule has 0 aliphatic heterocycles. The second kappa shape index (κ2) is 6.92. The number of hydrogen-bond acceptors (Lipinski definition) is 2. The Morgan fingerprint density at radius 1 is 1.10 bits per heavy atom. The number of methoxy groups -OCH3 is 1. The highest BCUT2D eigenvalue weighted by Gasteiger charge is 2.12. The van der Waals surface area contributed by atoms with E-state index in [-0.39, 0.29) is 0 Å². The van der Waals surface area contributed by atoms with E-state index in [4.69, 9.17) is 4.74 Å². The predicted octanol–water partition coefficient (Wildman–Crippen LogP) is 3.45. The zero-order valence-corrected chi connectivity index (χ0v) is 13.8. The summed E-state index contributed by atoms with van der Waals surface area (Å²) in [5, 5.41) is 3.42. The Bertz CT molecular complexity index is 614. The normalized spacial score (nSPS) is 11.1. The van der Waals surface area contributed by atoms with Crippen molar-refractivity contribution >= 4 is 0 Å². The monoisotopic (exact) mass is 286 g/mol. The summed E-state index contributed by atoms with van der Waals surface area (Å²) in [6.07, 6.45) is 0. The van der Waals surface area contributed by atoms with Crippen LogP contribution in [0.4, 0.5) is 0 Å². The maximum atomic E-state index is 5.07. The van der Waals surface area contributed by atoms with Gasteiger partial charge < -0.3 is 14.6 Å². The molecule has 1 heterocycles. The van der Waals surface area contributed by atoms with E-state index in [0.717, 1.165) is 19.7 Å². The third-order valence-corrected chi connectivity index (χ3v) is 3.93. The number of aryl methyl sites for hydroxylation is 3. The molecule has 0 aliphatic carbocycles. The Kier molecular flexibility index (Phi) is 5.21. The van der Waals surface area contributed by atoms with E-state index in [2.05, 4.69) is 61.8 Å². The van der Waals surface area contributed by atoms with Gasteiger partial charge in [-0.1, -0.05) is 17.7 Å². The van der Waals surface area contributed by atoms with Gasteiger partial charge >= 0.3 is 0 Å². The molecular formula is C18H26N2O. The molecule has 0 spiro atoms. The van der Waals surface area contributed by atoms with Crippen molar-refractivity contribution in [3.63, 3.8) is 0 Å². The Morgan fingerprint density at radius 2 is 1.86 bits per heavy atom. The molecule has 3 nitrogen and oxygen atoms in total. The fraction of sp³-hybridized carbons (Fsp3) is 0.444. The highest BCUT2D eigenvalue weighted by atomic mass is 16.5. The lowest BCUT2D eigenvalue weighted by molar-refractivity contribution is 0.199. The minimum atomic E-state index is 0.746. The van der Waals surface area contributed by atoms with Gasteiger partial charge in [-0.15, -0.1) is 0 Å². The minimum Gasteiger partial charge on any atom is -0.383 e. The van der Waals surface area contributed by atoms with E-state index in [0.29, 0.717) is 0 Å². The van der Waals surface area contributed by atoms with Crippen molar-refractivity contribution in [2.24, 2.45) is 0 Å². The smallest absolute Gasteiger partial charge is 0.0587 e. The van der Waals surface area contributed by atoms with Gasteiger partial charge in [0, 0.05) is 37.3 Å². The summed E-state index contributed by atoms with van der Waals surface area (Å²) in [6.45, 7) is 11.2. The summed E-state index contributed by atoms with van der Waals surface area (Å²) in [4.78, 5) is 0. The number of nitrogens with one attached hydrogen (secondary N) is 1. The number of aromatic nitrogens is 1. The third kappa shape index (κ3) is 3.55. The van der Waals surface area contributed by atoms with Crippen LogP contribution in [0.2, 0.25) is 0 Å². The molecule has 1 aromatic heterocycles. The molecule has 1 aromatic carbocycles. The van der Waals surface area contributed by atoms with E-state index in [9.17, 15) is 0 Å². The van der Waals surface area contributed by atoms with Crippen LogP contribution >= 0.6 is 0 Å². The number of nitrogens with zero attached hydrogens (tertiary/aromatic N) is 1. The predicted molar refractivity (Wildman–Crippen MR) is 88.3 cm³/mol. The Balaban J connectivity index is 2.26. The van der Waals surface area contributed by atoms with Gasteiger partial charge in [-0.25, -0.2) is 0 Å². The average Bonchev–Trinajstić information content (AvgIpc) is 2.71. The topological polar surface area (TPSA) is 26.2 Å². The largest absolute Gasteiger partial charge is 0.383 e. The maximum Gasteiger partial charge on any atom is 0.0587 e. The molecule has 114 valence electrons. The lowest BCUT2D eigenvalue weighted by atomic mass is 10.1. The van der Waals surface area contributed by atoms with Crippen LogP contribution in [0.25, 0.3) is 5.69 Å². The zero-order valence-electron chi connectivity index (χ0n) is 13.8. The van der Waals surface area contributed by atoms with E-state index >= 15 is 0 Å². The molecule has 0 bridgehead atoms. The van der Waals surface area contributed by atoms with Crippen LogP contribution in [0.15, 0.2) is 24.3 Å². The summed E-state index contributed by atoms with van der Waals surface area (Å²) in [7, 11) is 1.73. The van der Waals surface area contributed by atoms with E-state index < -0.39 is 0 Å². The van der Waals surface area contributed by atoms with Gasteiger partial charge in [-0.05, 0) is 51.0 Å². The lowest BCUT2D eigenvalue weighted by Crippen LogP contribution is -2.18. The van der Waals surface area contributed by atoms with Gasteiger partial charge in [-0.3, -0.25) is 0 Å². The quantitative estimate of drug-likeness (QED) is 0.823. The van der Waals surface area contributed by atoms with Crippen molar-refractivity contribution in [2.75, 3.05) is 20.3 Å². The standard InChI is InChI=1S/C18H26N2O/c1-13-6-7-18(14(2)10-13)20-15(3)11-17(16(20)4)12-19-8-9-21-5/h6-7,10-11,19H,8-9,12H2,1-5H3. The van der Waals surface area contributed by atoms with Gasteiger partial charge in [0.15, 0.2) is 0 Å². The molecule has 21 heavy (non-hydrogen) atoms. The van der Waals surface area contributed by atoms with E-state index in [1.54, 1.807) is 7.11 Å². The van der Waals surface area contributed by atoms with Gasteiger partial charge in [0.25, 0.3) is 0 Å². The summed E-state index contributed by atoms with van der Waals surface area (Å²) >= 11 is 0. The van der Waals surface area contributed by atoms with Crippen LogP contribution in [-0.4, -0.2) is 24.8 Å². The Morgan fingerprint density at radius 3 is 2.52 bits per heavy atom. The minimum absolute atomic E-state index is 0.746. The van der Waals surface area contributed by atoms with Crippen molar-refractivity contribution in [2.45, 2.75) is 34.2 Å². The van der Waals surface area contributed by atoms with Crippen molar-refractivity contribution < 1.29 is 4.74 Å². The van der Waals surface area contributed by atoms with Crippen LogP contribution in [0, 0.1) is 27.7 Å². The van der Waals surface area contributed by atoms with Crippen LogP contribution in [0.1, 0.15) is 28.1 Å². The molecule has 0 radical (unpaired) electrons. The molecule has 2 aromatic rings. The first-order valence-corrected chi connectivity index (χ1v) is 7.49. The first-order chi connectivity index (χ1) is 10.0. The number of benzene rings is 1. The molecule has 0 saturated heterocycles. The fourth-order valence-electron chi connectivity index (χ4n) is 2.83. The zero-order chi connectivity index (χ0) is 15.4. The molecule has 3 heteroatoms. The van der Waals surface area contributed by atoms with Crippen LogP contribution in [0.5, 0.6) is 0 Å².